The van der Waals surface area contributed by atoms with Crippen LogP contribution in [0.3, 0.4) is 0 Å². The van der Waals surface area contributed by atoms with E-state index in [4.69, 9.17) is 4.52 Å². The molecule has 0 unspecified atom stereocenters. The number of hydrogen-bond acceptors (Lipinski definition) is 6. The summed E-state index contributed by atoms with van der Waals surface area (Å²) in [6.07, 6.45) is 3.81. The number of hydrazine groups is 1. The number of aryl methyl sites for hydroxylation is 1. The predicted molar refractivity (Wildman–Crippen MR) is 78.4 cm³/mol. The molecule has 1 aromatic rings. The molecule has 0 saturated heterocycles. The maximum absolute atomic E-state index is 12.1. The first-order valence-electron chi connectivity index (χ1n) is 7.42. The largest absolute Gasteiger partial charge is 0.361 e. The first kappa shape index (κ1) is 18.1. The summed E-state index contributed by atoms with van der Waals surface area (Å²) >= 11 is 0. The molecule has 0 aromatic carbocycles. The molecule has 1 aromatic heterocycles. The molecule has 0 radical (unpaired) electrons. The van der Waals surface area contributed by atoms with Crippen LogP contribution in [0.5, 0.6) is 0 Å². The van der Waals surface area contributed by atoms with Crippen LogP contribution in [-0.2, 0) is 16.1 Å². The van der Waals surface area contributed by atoms with E-state index in [1.165, 1.54) is 0 Å². The highest BCUT2D eigenvalue weighted by Crippen LogP contribution is 2.11. The van der Waals surface area contributed by atoms with Crippen molar-refractivity contribution < 1.29 is 19.3 Å². The third kappa shape index (κ3) is 6.68. The Morgan fingerprint density at radius 2 is 2.32 bits per heavy atom. The van der Waals surface area contributed by atoms with Crippen molar-refractivity contribution in [1.82, 2.24) is 21.1 Å². The van der Waals surface area contributed by atoms with Crippen LogP contribution in [0, 0.1) is 12.8 Å². The number of amides is 2. The number of rotatable bonds is 11. The number of hydrogen-bond donors (Lipinski definition) is 3. The Hall–Kier alpha value is -1.93. The molecule has 0 spiro atoms. The maximum Gasteiger partial charge on any atom is 0.239 e. The van der Waals surface area contributed by atoms with Gasteiger partial charge in [0.2, 0.25) is 12.3 Å². The van der Waals surface area contributed by atoms with Crippen molar-refractivity contribution in [2.75, 3.05) is 6.54 Å². The number of aromatic nitrogens is 1. The predicted octanol–water partition coefficient (Wildman–Crippen LogP) is 1.15. The Balaban J connectivity index is 2.41. The molecule has 3 N–H and O–H groups in total. The van der Waals surface area contributed by atoms with Crippen molar-refractivity contribution in [1.29, 1.82) is 0 Å². The number of carbonyl (C=O) groups excluding carboxylic acids is 2. The minimum absolute atomic E-state index is 0.0240. The third-order valence-corrected chi connectivity index (χ3v) is 3.21. The van der Waals surface area contributed by atoms with E-state index in [9.17, 15) is 14.8 Å². The number of nitrogens with one attached hydrogen (secondary N) is 2. The lowest BCUT2D eigenvalue weighted by molar-refractivity contribution is -0.154. The third-order valence-electron chi connectivity index (χ3n) is 3.21. The molecule has 0 bridgehead atoms. The molecular weight excluding hydrogens is 288 g/mol. The van der Waals surface area contributed by atoms with Gasteiger partial charge in [-0.15, -0.1) is 0 Å². The summed E-state index contributed by atoms with van der Waals surface area (Å²) in [7, 11) is 0. The first-order valence-corrected chi connectivity index (χ1v) is 7.42. The number of carbonyl (C=O) groups is 2. The number of hydroxylamine groups is 2. The lowest BCUT2D eigenvalue weighted by atomic mass is 10.0. The zero-order chi connectivity index (χ0) is 16.4. The zero-order valence-corrected chi connectivity index (χ0v) is 13.0. The van der Waals surface area contributed by atoms with E-state index in [0.29, 0.717) is 35.9 Å². The van der Waals surface area contributed by atoms with Gasteiger partial charge in [0.1, 0.15) is 5.76 Å². The molecule has 2 amide bonds. The molecule has 1 heterocycles. The fraction of sp³-hybridized carbons (Fsp3) is 0.643. The van der Waals surface area contributed by atoms with Crippen LogP contribution in [0.1, 0.15) is 44.1 Å². The van der Waals surface area contributed by atoms with Crippen LogP contribution < -0.4 is 10.9 Å². The molecule has 1 rings (SSSR count). The standard InChI is InChI=1S/C14H24N4O4/c1-3-4-5-6-12(9-18(21)10-19)14(20)16-15-8-13-7-11(2)22-17-13/h7,10,12,15,21H,3-6,8-9H2,1-2H3,(H,16,20)/t12-/m1/s1. The van der Waals surface area contributed by atoms with E-state index in [2.05, 4.69) is 22.9 Å². The second-order valence-corrected chi connectivity index (χ2v) is 5.19. The highest BCUT2D eigenvalue weighted by atomic mass is 16.5. The van der Waals surface area contributed by atoms with Gasteiger partial charge in [0.05, 0.1) is 24.7 Å². The van der Waals surface area contributed by atoms with Gasteiger partial charge in [0.25, 0.3) is 0 Å². The van der Waals surface area contributed by atoms with E-state index in [-0.39, 0.29) is 12.5 Å². The van der Waals surface area contributed by atoms with E-state index in [1.54, 1.807) is 13.0 Å². The summed E-state index contributed by atoms with van der Waals surface area (Å²) in [5, 5.41) is 13.6. The molecule has 8 heteroatoms. The summed E-state index contributed by atoms with van der Waals surface area (Å²) in [4.78, 5) is 22.6. The van der Waals surface area contributed by atoms with Crippen molar-refractivity contribution in [3.8, 4) is 0 Å². The SMILES string of the molecule is CCCCC[C@H](CN(O)C=O)C(=O)NNCc1cc(C)on1. The van der Waals surface area contributed by atoms with Crippen molar-refractivity contribution in [2.24, 2.45) is 5.92 Å². The van der Waals surface area contributed by atoms with Crippen molar-refractivity contribution in [3.63, 3.8) is 0 Å². The maximum atomic E-state index is 12.1. The minimum atomic E-state index is -0.465. The van der Waals surface area contributed by atoms with Gasteiger partial charge in [0, 0.05) is 6.07 Å². The Morgan fingerprint density at radius 1 is 1.55 bits per heavy atom. The van der Waals surface area contributed by atoms with Gasteiger partial charge < -0.3 is 4.52 Å². The molecule has 0 saturated carbocycles. The average Bonchev–Trinajstić information content (AvgIpc) is 2.91. The molecule has 0 aliphatic heterocycles. The van der Waals surface area contributed by atoms with Gasteiger partial charge >= 0.3 is 0 Å². The van der Waals surface area contributed by atoms with Crippen LogP contribution in [-0.4, -0.2) is 34.3 Å². The van der Waals surface area contributed by atoms with Crippen LogP contribution in [0.4, 0.5) is 0 Å². The Bertz CT molecular complexity index is 463. The van der Waals surface area contributed by atoms with E-state index >= 15 is 0 Å². The second kappa shape index (κ2) is 9.91. The summed E-state index contributed by atoms with van der Waals surface area (Å²) < 4.78 is 4.92. The lowest BCUT2D eigenvalue weighted by Gasteiger charge is -2.19. The van der Waals surface area contributed by atoms with E-state index in [1.807, 2.05) is 0 Å². The fourth-order valence-electron chi connectivity index (χ4n) is 2.04. The molecule has 8 nitrogen and oxygen atoms in total. The van der Waals surface area contributed by atoms with Crippen LogP contribution >= 0.6 is 0 Å². The Labute approximate surface area is 129 Å². The van der Waals surface area contributed by atoms with Crippen molar-refractivity contribution in [2.45, 2.75) is 46.1 Å². The normalized spacial score (nSPS) is 12.0. The van der Waals surface area contributed by atoms with Crippen LogP contribution in [0.25, 0.3) is 0 Å². The fourth-order valence-corrected chi connectivity index (χ4v) is 2.04. The molecule has 0 aliphatic rings. The molecule has 124 valence electrons. The molecule has 0 aliphatic carbocycles. The van der Waals surface area contributed by atoms with Gasteiger partial charge in [-0.3, -0.25) is 20.2 Å². The zero-order valence-electron chi connectivity index (χ0n) is 13.0. The van der Waals surface area contributed by atoms with Gasteiger partial charge in [-0.1, -0.05) is 31.3 Å². The minimum Gasteiger partial charge on any atom is -0.361 e. The monoisotopic (exact) mass is 312 g/mol. The topological polar surface area (TPSA) is 108 Å². The second-order valence-electron chi connectivity index (χ2n) is 5.19. The Morgan fingerprint density at radius 3 is 2.91 bits per heavy atom. The van der Waals surface area contributed by atoms with Crippen LogP contribution in [0.2, 0.25) is 0 Å². The van der Waals surface area contributed by atoms with Gasteiger partial charge in [0.15, 0.2) is 0 Å². The average molecular weight is 312 g/mol. The first-order chi connectivity index (χ1) is 10.6. The van der Waals surface area contributed by atoms with E-state index < -0.39 is 5.92 Å². The highest BCUT2D eigenvalue weighted by Gasteiger charge is 2.20. The Kier molecular flexibility index (Phi) is 8.16. The quantitative estimate of drug-likeness (QED) is 0.245. The highest BCUT2D eigenvalue weighted by molar-refractivity contribution is 5.78. The number of nitrogens with zero attached hydrogens (tertiary/aromatic N) is 2. The lowest BCUT2D eigenvalue weighted by Crippen LogP contribution is -2.44. The van der Waals surface area contributed by atoms with Crippen molar-refractivity contribution >= 4 is 12.3 Å². The van der Waals surface area contributed by atoms with Crippen molar-refractivity contribution in [3.05, 3.63) is 17.5 Å². The molecule has 0 fully saturated rings. The van der Waals surface area contributed by atoms with Gasteiger partial charge in [-0.2, -0.15) is 0 Å². The van der Waals surface area contributed by atoms with E-state index in [0.717, 1.165) is 19.3 Å². The number of unbranched alkanes of at least 4 members (excludes halogenated alkanes) is 2. The summed E-state index contributed by atoms with van der Waals surface area (Å²) in [6, 6.07) is 1.76. The molecular formula is C14H24N4O4. The summed E-state index contributed by atoms with van der Waals surface area (Å²) in [5.41, 5.74) is 6.02. The summed E-state index contributed by atoms with van der Waals surface area (Å²) in [5.74, 6) is -0.0343. The van der Waals surface area contributed by atoms with Gasteiger partial charge in [-0.25, -0.2) is 10.5 Å². The van der Waals surface area contributed by atoms with Crippen LogP contribution in [0.15, 0.2) is 10.6 Å². The molecule has 1 atom stereocenters. The molecule has 22 heavy (non-hydrogen) atoms. The van der Waals surface area contributed by atoms with Gasteiger partial charge in [-0.05, 0) is 13.3 Å². The summed E-state index contributed by atoms with van der Waals surface area (Å²) in [6.45, 7) is 4.17. The smallest absolute Gasteiger partial charge is 0.239 e.